The van der Waals surface area contributed by atoms with E-state index in [9.17, 15) is 18.4 Å². The van der Waals surface area contributed by atoms with Crippen molar-refractivity contribution in [2.24, 2.45) is 16.8 Å². The summed E-state index contributed by atoms with van der Waals surface area (Å²) in [4.78, 5) is 29.2. The third-order valence-corrected chi connectivity index (χ3v) is 10.5. The average Bonchev–Trinajstić information content (AvgIpc) is 4.12. The number of halogens is 3. The van der Waals surface area contributed by atoms with Crippen molar-refractivity contribution in [1.29, 1.82) is 0 Å². The van der Waals surface area contributed by atoms with E-state index in [0.717, 1.165) is 81.1 Å². The minimum absolute atomic E-state index is 0. The SMILES string of the molecule is CN1CCCC1C(=O)O.CN1CCCC1c1nc(-c2ccc(C#Cc3cccc(F)c3)cc2)no1.Cl.N/C(=N\O)c1ccc(C#Cc2cccc(F)c2)cc1.O=C(O)C1CCCC1. The van der Waals surface area contributed by atoms with Crippen molar-refractivity contribution in [2.75, 3.05) is 27.2 Å². The average molecular weight is 881 g/mol. The Kier molecular flexibility index (Phi) is 19.3. The molecule has 12 nitrogen and oxygen atoms in total. The van der Waals surface area contributed by atoms with Gasteiger partial charge in [0.05, 0.1) is 12.0 Å². The zero-order chi connectivity index (χ0) is 44.4. The van der Waals surface area contributed by atoms with Crippen molar-refractivity contribution in [3.05, 3.63) is 142 Å². The third-order valence-electron chi connectivity index (χ3n) is 10.5. The number of carbonyl (C=O) groups is 2. The number of aliphatic carboxylic acids is 2. The first-order valence-electron chi connectivity index (χ1n) is 20.3. The lowest BCUT2D eigenvalue weighted by Gasteiger charge is -2.14. The fraction of sp³-hybridized carbons (Fsp3) is 0.312. The molecule has 0 spiro atoms. The van der Waals surface area contributed by atoms with Gasteiger partial charge < -0.3 is 25.7 Å². The molecule has 3 fully saturated rings. The molecule has 2 unspecified atom stereocenters. The monoisotopic (exact) mass is 880 g/mol. The van der Waals surface area contributed by atoms with E-state index < -0.39 is 11.9 Å². The zero-order valence-corrected chi connectivity index (χ0v) is 35.9. The highest BCUT2D eigenvalue weighted by Gasteiger charge is 2.28. The first-order chi connectivity index (χ1) is 29.9. The summed E-state index contributed by atoms with van der Waals surface area (Å²) in [5, 5.41) is 32.5. The summed E-state index contributed by atoms with van der Waals surface area (Å²) in [6.07, 6.45) is 8.04. The van der Waals surface area contributed by atoms with Crippen molar-refractivity contribution in [3.8, 4) is 35.1 Å². The summed E-state index contributed by atoms with van der Waals surface area (Å²) in [6, 6.07) is 26.9. The number of nitrogens with two attached hydrogens (primary N) is 1. The highest BCUT2D eigenvalue weighted by molar-refractivity contribution is 5.97. The second kappa shape index (κ2) is 24.8. The second-order valence-electron chi connectivity index (χ2n) is 15.1. The molecule has 8 rings (SSSR count). The van der Waals surface area contributed by atoms with Crippen molar-refractivity contribution < 1.29 is 38.3 Å². The van der Waals surface area contributed by atoms with Crippen LogP contribution in [-0.2, 0) is 9.59 Å². The molecule has 2 atom stereocenters. The Morgan fingerprint density at radius 1 is 0.714 bits per heavy atom. The topological polar surface area (TPSA) is 179 Å². The summed E-state index contributed by atoms with van der Waals surface area (Å²) in [7, 11) is 3.93. The maximum Gasteiger partial charge on any atom is 0.320 e. The van der Waals surface area contributed by atoms with E-state index >= 15 is 0 Å². The Labute approximate surface area is 372 Å². The van der Waals surface area contributed by atoms with Gasteiger partial charge in [-0.3, -0.25) is 19.4 Å². The number of likely N-dealkylation sites (tertiary alicyclic amines) is 2. The van der Waals surface area contributed by atoms with Crippen molar-refractivity contribution in [3.63, 3.8) is 0 Å². The molecule has 4 aromatic carbocycles. The van der Waals surface area contributed by atoms with Gasteiger partial charge in [0.1, 0.15) is 17.7 Å². The number of hydrogen-bond donors (Lipinski definition) is 4. The summed E-state index contributed by atoms with van der Waals surface area (Å²) >= 11 is 0. The van der Waals surface area contributed by atoms with Crippen LogP contribution in [0.1, 0.15) is 91.1 Å². The molecule has 3 heterocycles. The van der Waals surface area contributed by atoms with Gasteiger partial charge in [0.15, 0.2) is 5.84 Å². The van der Waals surface area contributed by atoms with E-state index in [4.69, 9.17) is 25.7 Å². The number of aromatic nitrogens is 2. The van der Waals surface area contributed by atoms with Crippen LogP contribution < -0.4 is 5.73 Å². The van der Waals surface area contributed by atoms with E-state index in [1.807, 2.05) is 36.2 Å². The quantitative estimate of drug-likeness (QED) is 0.0440. The van der Waals surface area contributed by atoms with Gasteiger partial charge in [0, 0.05) is 33.4 Å². The molecule has 1 aromatic heterocycles. The zero-order valence-electron chi connectivity index (χ0n) is 35.1. The molecule has 63 heavy (non-hydrogen) atoms. The van der Waals surface area contributed by atoms with Gasteiger partial charge in [-0.15, -0.1) is 12.4 Å². The third kappa shape index (κ3) is 15.4. The predicted octanol–water partition coefficient (Wildman–Crippen LogP) is 8.21. The van der Waals surface area contributed by atoms with Gasteiger partial charge in [0.2, 0.25) is 11.7 Å². The number of oxime groups is 1. The molecule has 5 N–H and O–H groups in total. The van der Waals surface area contributed by atoms with Crippen LogP contribution in [-0.4, -0.2) is 86.4 Å². The molecule has 0 amide bonds. The van der Waals surface area contributed by atoms with E-state index in [-0.39, 0.29) is 47.9 Å². The van der Waals surface area contributed by atoms with Gasteiger partial charge in [-0.1, -0.05) is 59.0 Å². The number of nitrogens with zero attached hydrogens (tertiary/aromatic N) is 5. The highest BCUT2D eigenvalue weighted by atomic mass is 35.5. The molecule has 3 aliphatic rings. The molecule has 0 radical (unpaired) electrons. The number of carboxylic acid groups (broad SMARTS) is 2. The van der Waals surface area contributed by atoms with E-state index in [1.165, 1.54) is 24.3 Å². The molecule has 5 aromatic rings. The lowest BCUT2D eigenvalue weighted by molar-refractivity contribution is -0.142. The van der Waals surface area contributed by atoms with E-state index in [2.05, 4.69) is 50.9 Å². The minimum atomic E-state index is -0.685. The Morgan fingerprint density at radius 3 is 1.67 bits per heavy atom. The molecule has 330 valence electrons. The Hall–Kier alpha value is -6.58. The normalized spacial score (nSPS) is 17.1. The molecule has 1 aliphatic carbocycles. The number of benzene rings is 4. The molecular weight excluding hydrogens is 830 g/mol. The lowest BCUT2D eigenvalue weighted by atomic mass is 10.1. The van der Waals surface area contributed by atoms with Crippen LogP contribution in [0.15, 0.2) is 107 Å². The number of amidine groups is 1. The molecule has 0 bridgehead atoms. The summed E-state index contributed by atoms with van der Waals surface area (Å²) in [5.41, 5.74) is 9.81. The maximum absolute atomic E-state index is 13.2. The summed E-state index contributed by atoms with van der Waals surface area (Å²) < 4.78 is 31.6. The standard InChI is InChI=1S/C21H18FN3O.C15H11FN2O.C6H11NO2.C6H10O2.ClH/c1-25-13-3-6-19(25)21-23-20(24-26-21)17-11-9-15(10-12-17)7-8-16-4-2-5-18(22)14-16;16-14-3-1-2-12(10-14)5-4-11-6-8-13(9-7-11)15(17)18-19;1-7-4-2-3-5(7)6(8)9;7-6(8)5-3-1-2-4-5;/h2,4-5,9-12,14,19H,3,6,13H2,1H3;1-3,6-10,19H,(H2,17,18);5H,2-4H2,1H3,(H,8,9);5H,1-4H2,(H,7,8);1H. The predicted molar refractivity (Wildman–Crippen MR) is 238 cm³/mol. The molecule has 15 heteroatoms. The van der Waals surface area contributed by atoms with Crippen molar-refractivity contribution >= 4 is 30.2 Å². The highest BCUT2D eigenvalue weighted by Crippen LogP contribution is 2.30. The molecule has 2 aliphatic heterocycles. The van der Waals surface area contributed by atoms with Gasteiger partial charge in [-0.25, -0.2) is 8.78 Å². The number of carboxylic acids is 2. The maximum atomic E-state index is 13.2. The fourth-order valence-electron chi connectivity index (χ4n) is 7.01. The van der Waals surface area contributed by atoms with Gasteiger partial charge in [-0.2, -0.15) is 4.98 Å². The molecular formula is C48H51ClF2N6O6. The number of likely N-dealkylation sites (N-methyl/N-ethyl adjacent to an activating group) is 1. The van der Waals surface area contributed by atoms with Gasteiger partial charge >= 0.3 is 11.9 Å². The van der Waals surface area contributed by atoms with Gasteiger partial charge in [-0.05, 0) is 151 Å². The van der Waals surface area contributed by atoms with Crippen LogP contribution in [0.3, 0.4) is 0 Å². The van der Waals surface area contributed by atoms with Crippen LogP contribution in [0.5, 0.6) is 0 Å². The summed E-state index contributed by atoms with van der Waals surface area (Å²) in [5.74, 6) is 11.2. The smallest absolute Gasteiger partial charge is 0.320 e. The van der Waals surface area contributed by atoms with E-state index in [1.54, 1.807) is 48.5 Å². The first kappa shape index (κ1) is 49.1. The van der Waals surface area contributed by atoms with Crippen LogP contribution in [0.2, 0.25) is 0 Å². The number of hydrogen-bond acceptors (Lipinski definition) is 9. The minimum Gasteiger partial charge on any atom is -0.481 e. The Balaban J connectivity index is 0.000000205. The second-order valence-corrected chi connectivity index (χ2v) is 15.1. The van der Waals surface area contributed by atoms with E-state index in [0.29, 0.717) is 28.4 Å². The fourth-order valence-corrected chi connectivity index (χ4v) is 7.01. The molecule has 1 saturated carbocycles. The number of rotatable bonds is 5. The Morgan fingerprint density at radius 2 is 1.24 bits per heavy atom. The summed E-state index contributed by atoms with van der Waals surface area (Å²) in [6.45, 7) is 1.98. The van der Waals surface area contributed by atoms with Crippen LogP contribution in [0.4, 0.5) is 8.78 Å². The van der Waals surface area contributed by atoms with Crippen LogP contribution in [0, 0.1) is 41.2 Å². The van der Waals surface area contributed by atoms with Crippen molar-refractivity contribution in [2.45, 2.75) is 63.5 Å². The largest absolute Gasteiger partial charge is 0.481 e. The van der Waals surface area contributed by atoms with Crippen LogP contribution >= 0.6 is 12.4 Å². The lowest BCUT2D eigenvalue weighted by Crippen LogP contribution is -2.32. The van der Waals surface area contributed by atoms with Crippen LogP contribution in [0.25, 0.3) is 11.4 Å². The van der Waals surface area contributed by atoms with Crippen molar-refractivity contribution in [1.82, 2.24) is 19.9 Å². The Bertz CT molecular complexity index is 2420. The first-order valence-corrected chi connectivity index (χ1v) is 20.3. The van der Waals surface area contributed by atoms with Gasteiger partial charge in [0.25, 0.3) is 0 Å². The molecule has 2 saturated heterocycles.